The smallest absolute Gasteiger partial charge is 0.178 e. The molecular formula is C79H66Br3N3O12. The summed E-state index contributed by atoms with van der Waals surface area (Å²) in [6.45, 7) is 7.34. The molecule has 0 aliphatic carbocycles. The largest absolute Gasteiger partial charge is 0.507 e. The van der Waals surface area contributed by atoms with E-state index in [-0.39, 0.29) is 11.5 Å². The summed E-state index contributed by atoms with van der Waals surface area (Å²) in [5.41, 5.74) is 13.8. The van der Waals surface area contributed by atoms with Crippen LogP contribution in [0.5, 0.6) is 51.7 Å². The van der Waals surface area contributed by atoms with Crippen LogP contribution >= 0.6 is 47.8 Å². The number of phenols is 2. The SMILES string of the molecule is COc1ccc(-c2c(-c3cc(Br)c(O)cc3O)noc2C)cc1.COc1ccc(-c2c(-c3cc(Br)c(OCc4ccccc4)cc3OCc3ccccc3)noc2C)cc1.COc1ccc(-c2c(C)noc2-c2cc(Br)c(OCc3ccccc3)cc2OCc2ccccc2)cc1. The van der Waals surface area contributed by atoms with Crippen molar-refractivity contribution in [3.8, 4) is 119 Å². The van der Waals surface area contributed by atoms with Crippen LogP contribution in [-0.4, -0.2) is 47.0 Å². The van der Waals surface area contributed by atoms with Crippen LogP contribution in [0.15, 0.2) is 258 Å². The monoisotopic (exact) mass is 1490 g/mol. The Morgan fingerprint density at radius 2 is 0.680 bits per heavy atom. The van der Waals surface area contributed by atoms with Crippen LogP contribution in [-0.2, 0) is 26.4 Å². The van der Waals surface area contributed by atoms with Gasteiger partial charge in [0, 0.05) is 29.3 Å². The quantitative estimate of drug-likeness (QED) is 0.0692. The minimum absolute atomic E-state index is 0.0440. The van der Waals surface area contributed by atoms with Crippen LogP contribution in [0.2, 0.25) is 0 Å². The fraction of sp³-hybridized carbons (Fsp3) is 0.127. The lowest BCUT2D eigenvalue weighted by atomic mass is 9.98. The van der Waals surface area contributed by atoms with Crippen LogP contribution in [0.4, 0.5) is 0 Å². The van der Waals surface area contributed by atoms with E-state index in [1.165, 1.54) is 6.07 Å². The molecule has 0 bridgehead atoms. The number of phenolic OH excluding ortho intramolecular Hbond substituents is 2. The topological polar surface area (TPSA) is 183 Å². The summed E-state index contributed by atoms with van der Waals surface area (Å²) in [7, 11) is 4.91. The highest BCUT2D eigenvalue weighted by atomic mass is 79.9. The number of hydrogen-bond donors (Lipinski definition) is 2. The number of rotatable bonds is 21. The number of aromatic hydroxyl groups is 2. The number of methoxy groups -OCH3 is 3. The van der Waals surface area contributed by atoms with Gasteiger partial charge in [-0.15, -0.1) is 0 Å². The van der Waals surface area contributed by atoms with Gasteiger partial charge in [-0.05, 0) is 162 Å². The van der Waals surface area contributed by atoms with Gasteiger partial charge in [0.15, 0.2) is 5.76 Å². The first-order valence-electron chi connectivity index (χ1n) is 30.6. The third-order valence-electron chi connectivity index (χ3n) is 15.6. The van der Waals surface area contributed by atoms with Gasteiger partial charge in [-0.1, -0.05) is 173 Å². The first kappa shape index (κ1) is 67.9. The molecule has 13 aromatic rings. The summed E-state index contributed by atoms with van der Waals surface area (Å²) < 4.78 is 59.8. The van der Waals surface area contributed by atoms with Crippen LogP contribution < -0.4 is 33.2 Å². The van der Waals surface area contributed by atoms with Crippen molar-refractivity contribution in [3.63, 3.8) is 0 Å². The molecule has 0 radical (unpaired) electrons. The van der Waals surface area contributed by atoms with E-state index in [4.69, 9.17) is 46.7 Å². The molecule has 0 amide bonds. The number of hydrogen-bond acceptors (Lipinski definition) is 15. The minimum atomic E-state index is -0.0752. The third kappa shape index (κ3) is 16.8. The van der Waals surface area contributed by atoms with E-state index in [1.807, 2.05) is 239 Å². The van der Waals surface area contributed by atoms with Crippen molar-refractivity contribution in [2.75, 3.05) is 21.3 Å². The van der Waals surface area contributed by atoms with Crippen molar-refractivity contribution in [1.29, 1.82) is 0 Å². The highest BCUT2D eigenvalue weighted by Gasteiger charge is 2.26. The number of ether oxygens (including phenoxy) is 7. The normalized spacial score (nSPS) is 10.8. The molecule has 18 heteroatoms. The van der Waals surface area contributed by atoms with E-state index in [9.17, 15) is 10.2 Å². The zero-order valence-corrected chi connectivity index (χ0v) is 58.5. The van der Waals surface area contributed by atoms with Crippen molar-refractivity contribution in [2.24, 2.45) is 0 Å². The van der Waals surface area contributed by atoms with Gasteiger partial charge in [-0.2, -0.15) is 0 Å². The average molecular weight is 1490 g/mol. The van der Waals surface area contributed by atoms with Crippen LogP contribution in [0.25, 0.3) is 67.2 Å². The summed E-state index contributed by atoms with van der Waals surface area (Å²) in [5.74, 6) is 6.83. The lowest BCUT2D eigenvalue weighted by Gasteiger charge is -2.16. The first-order valence-corrected chi connectivity index (χ1v) is 33.0. The summed E-state index contributed by atoms with van der Waals surface area (Å²) in [4.78, 5) is 0. The molecule has 0 fully saturated rings. The van der Waals surface area contributed by atoms with E-state index >= 15 is 0 Å². The maximum Gasteiger partial charge on any atom is 0.178 e. The van der Waals surface area contributed by atoms with Gasteiger partial charge in [0.25, 0.3) is 0 Å². The van der Waals surface area contributed by atoms with Crippen molar-refractivity contribution >= 4 is 47.8 Å². The fourth-order valence-corrected chi connectivity index (χ4v) is 11.8. The highest BCUT2D eigenvalue weighted by molar-refractivity contribution is 9.11. The Morgan fingerprint density at radius 1 is 0.340 bits per heavy atom. The molecule has 490 valence electrons. The maximum absolute atomic E-state index is 10.1. The molecule has 0 aliphatic heterocycles. The predicted molar refractivity (Wildman–Crippen MR) is 386 cm³/mol. The molecule has 13 rings (SSSR count). The van der Waals surface area contributed by atoms with E-state index in [0.29, 0.717) is 82.4 Å². The molecule has 97 heavy (non-hydrogen) atoms. The lowest BCUT2D eigenvalue weighted by molar-refractivity contribution is 0.288. The van der Waals surface area contributed by atoms with Crippen LogP contribution in [0.1, 0.15) is 39.5 Å². The standard InChI is InChI=1S/2C31H26BrNO4.C17H14BrNO4/c1-21-30(24-13-15-25(34-2)16-14-24)31(33-37-21)26-17-27(32)29(36-20-23-11-7-4-8-12-23)18-28(26)35-19-22-9-5-3-6-10-22;1-21-30(24-13-15-25(34-2)16-14-24)31(37-33-21)26-17-27(32)29(36-20-23-11-7-4-8-12-23)18-28(26)35-19-22-9-5-3-6-10-22;1-9-16(10-3-5-11(22-2)6-4-10)17(19-23-9)12-7-13(18)15(21)8-14(12)20/h2*3-18H,19-20H2,1-2H3;3-8,20-21H,1-2H3. The average Bonchev–Trinajstić information content (AvgIpc) is 1.73. The van der Waals surface area contributed by atoms with E-state index in [1.54, 1.807) is 27.4 Å². The highest BCUT2D eigenvalue weighted by Crippen LogP contribution is 2.47. The van der Waals surface area contributed by atoms with Gasteiger partial charge >= 0.3 is 0 Å². The molecule has 0 unspecified atom stereocenters. The third-order valence-corrected chi connectivity index (χ3v) is 17.4. The second-order valence-corrected chi connectivity index (χ2v) is 24.6. The summed E-state index contributed by atoms with van der Waals surface area (Å²) in [6.07, 6.45) is 0. The Bertz CT molecular complexity index is 4490. The van der Waals surface area contributed by atoms with Gasteiger partial charge < -0.3 is 56.9 Å². The number of nitrogens with zero attached hydrogens (tertiary/aromatic N) is 3. The number of aromatic nitrogens is 3. The second kappa shape index (κ2) is 32.3. The Morgan fingerprint density at radius 3 is 1.07 bits per heavy atom. The van der Waals surface area contributed by atoms with Crippen LogP contribution in [0.3, 0.4) is 0 Å². The molecule has 3 heterocycles. The van der Waals surface area contributed by atoms with Gasteiger partial charge in [0.2, 0.25) is 0 Å². The van der Waals surface area contributed by atoms with Gasteiger partial charge in [-0.25, -0.2) is 0 Å². The second-order valence-electron chi connectivity index (χ2n) is 22.1. The van der Waals surface area contributed by atoms with Crippen LogP contribution in [0, 0.1) is 20.8 Å². The predicted octanol–water partition coefficient (Wildman–Crippen LogP) is 21.0. The number of aryl methyl sites for hydroxylation is 3. The summed E-state index contributed by atoms with van der Waals surface area (Å²) >= 11 is 10.6. The van der Waals surface area contributed by atoms with Crippen molar-refractivity contribution in [1.82, 2.24) is 15.5 Å². The minimum Gasteiger partial charge on any atom is -0.507 e. The Labute approximate surface area is 587 Å². The van der Waals surface area contributed by atoms with Crippen molar-refractivity contribution < 1.29 is 56.9 Å². The molecule has 0 saturated heterocycles. The molecule has 0 aliphatic rings. The Hall–Kier alpha value is -10.5. The molecule has 2 N–H and O–H groups in total. The molecule has 15 nitrogen and oxygen atoms in total. The molecule has 10 aromatic carbocycles. The fourth-order valence-electron chi connectivity index (χ4n) is 10.5. The zero-order valence-electron chi connectivity index (χ0n) is 53.7. The molecule has 3 aromatic heterocycles. The van der Waals surface area contributed by atoms with Crippen molar-refractivity contribution in [3.05, 3.63) is 283 Å². The maximum atomic E-state index is 10.1. The molecule has 0 saturated carbocycles. The zero-order chi connectivity index (χ0) is 67.8. The summed E-state index contributed by atoms with van der Waals surface area (Å²) in [5, 5.41) is 32.6. The van der Waals surface area contributed by atoms with E-state index in [0.717, 1.165) is 104 Å². The Balaban J connectivity index is 0.000000152. The molecule has 0 atom stereocenters. The summed E-state index contributed by atoms with van der Waals surface area (Å²) in [6, 6.07) is 74.0. The first-order chi connectivity index (χ1) is 47.2. The van der Waals surface area contributed by atoms with Gasteiger partial charge in [0.05, 0.1) is 62.7 Å². The Kier molecular flexibility index (Phi) is 22.6. The molecule has 0 spiro atoms. The van der Waals surface area contributed by atoms with Crippen molar-refractivity contribution in [2.45, 2.75) is 47.2 Å². The molecular weight excluding hydrogens is 1420 g/mol. The number of halogens is 3. The van der Waals surface area contributed by atoms with E-state index < -0.39 is 0 Å². The van der Waals surface area contributed by atoms with E-state index in [2.05, 4.69) is 63.3 Å². The van der Waals surface area contributed by atoms with Gasteiger partial charge in [-0.3, -0.25) is 0 Å². The lowest BCUT2D eigenvalue weighted by Crippen LogP contribution is -2.01. The number of benzene rings is 10. The van der Waals surface area contributed by atoms with Gasteiger partial charge in [0.1, 0.15) is 101 Å².